The number of anilines is 2. The van der Waals surface area contributed by atoms with Crippen LogP contribution in [0.5, 0.6) is 0 Å². The fraction of sp³-hybridized carbons (Fsp3) is 0. The maximum Gasteiger partial charge on any atom is 0.260 e. The molecular weight excluding hydrogens is 515 g/mol. The Morgan fingerprint density at radius 1 is 1.14 bits per heavy atom. The first kappa shape index (κ1) is 21.3. The number of nitrogens with one attached hydrogen (secondary N) is 2. The van der Waals surface area contributed by atoms with Gasteiger partial charge in [0.05, 0.1) is 20.1 Å². The van der Waals surface area contributed by atoms with E-state index in [0.29, 0.717) is 5.69 Å². The highest BCUT2D eigenvalue weighted by atomic mass is 79.9. The van der Waals surface area contributed by atoms with Crippen molar-refractivity contribution in [3.05, 3.63) is 66.9 Å². The number of nitrogens with zero attached hydrogens (tertiary/aromatic N) is 3. The number of hydrogen-bond acceptors (Lipinski definition) is 6. The Morgan fingerprint density at radius 3 is 2.45 bits per heavy atom. The molecule has 13 heteroatoms. The number of rotatable bonds is 4. The molecule has 29 heavy (non-hydrogen) atoms. The third-order valence-electron chi connectivity index (χ3n) is 3.46. The minimum Gasteiger partial charge on any atom is -0.409 e. The number of hydrogen-bond donors (Lipinski definition) is 3. The molecule has 0 saturated carbocycles. The average Bonchev–Trinajstić information content (AvgIpc) is 3.09. The topological polar surface area (TPSA) is 113 Å². The van der Waals surface area contributed by atoms with Crippen molar-refractivity contribution in [2.75, 3.05) is 10.6 Å². The highest BCUT2D eigenvalue weighted by molar-refractivity contribution is 9.10. The highest BCUT2D eigenvalue weighted by Gasteiger charge is 2.23. The van der Waals surface area contributed by atoms with E-state index in [1.807, 2.05) is 0 Å². The number of amidine groups is 1. The zero-order chi connectivity index (χ0) is 21.1. The Balaban J connectivity index is 1.86. The second-order valence-corrected chi connectivity index (χ2v) is 7.47. The van der Waals surface area contributed by atoms with Gasteiger partial charge in [0.2, 0.25) is 11.7 Å². The molecule has 0 bridgehead atoms. The third-order valence-corrected chi connectivity index (χ3v) is 4.88. The van der Waals surface area contributed by atoms with Crippen molar-refractivity contribution < 1.29 is 19.0 Å². The summed E-state index contributed by atoms with van der Waals surface area (Å²) in [6.07, 6.45) is 0. The Kier molecular flexibility index (Phi) is 6.58. The molecule has 0 aliphatic carbocycles. The van der Waals surface area contributed by atoms with Crippen LogP contribution in [0.15, 0.2) is 44.6 Å². The van der Waals surface area contributed by atoms with E-state index in [0.717, 1.165) is 0 Å². The van der Waals surface area contributed by atoms with Gasteiger partial charge in [-0.1, -0.05) is 40.0 Å². The monoisotopic (exact) mass is 521 g/mol. The van der Waals surface area contributed by atoms with Gasteiger partial charge >= 0.3 is 0 Å². The summed E-state index contributed by atoms with van der Waals surface area (Å²) in [7, 11) is 0. The van der Waals surface area contributed by atoms with E-state index in [9.17, 15) is 14.4 Å². The molecule has 0 spiro atoms. The van der Waals surface area contributed by atoms with Crippen LogP contribution in [0.4, 0.5) is 15.9 Å². The van der Waals surface area contributed by atoms with Gasteiger partial charge in [0.25, 0.3) is 5.91 Å². The van der Waals surface area contributed by atoms with E-state index >= 15 is 0 Å². The summed E-state index contributed by atoms with van der Waals surface area (Å²) >= 11 is 20.9. The minimum absolute atomic E-state index is 0.0170. The fourth-order valence-electron chi connectivity index (χ4n) is 2.20. The van der Waals surface area contributed by atoms with E-state index in [2.05, 4.69) is 46.7 Å². The van der Waals surface area contributed by atoms with Gasteiger partial charge in [-0.2, -0.15) is 0 Å². The summed E-state index contributed by atoms with van der Waals surface area (Å²) in [5.74, 6) is -1.62. The van der Waals surface area contributed by atoms with Gasteiger partial charge in [0, 0.05) is 10.7 Å². The molecule has 3 N–H and O–H groups in total. The van der Waals surface area contributed by atoms with Crippen LogP contribution < -0.4 is 10.6 Å². The molecule has 0 atom stereocenters. The smallest absolute Gasteiger partial charge is 0.260 e. The first-order chi connectivity index (χ1) is 13.8. The number of carbonyl (C=O) groups is 1. The summed E-state index contributed by atoms with van der Waals surface area (Å²) in [5, 5.41) is 25.0. The molecule has 0 aliphatic rings. The van der Waals surface area contributed by atoms with Crippen LogP contribution in [-0.2, 0) is 0 Å². The lowest BCUT2D eigenvalue weighted by Gasteiger charge is -2.09. The molecule has 3 rings (SSSR count). The van der Waals surface area contributed by atoms with Crippen LogP contribution in [0.2, 0.25) is 15.1 Å². The fourth-order valence-corrected chi connectivity index (χ4v) is 3.56. The number of aromatic nitrogens is 2. The summed E-state index contributed by atoms with van der Waals surface area (Å²) in [6, 6.07) is 6.68. The van der Waals surface area contributed by atoms with Crippen LogP contribution in [0, 0.1) is 5.82 Å². The molecule has 0 saturated heterocycles. The second kappa shape index (κ2) is 8.95. The number of benzene rings is 2. The molecule has 0 radical (unpaired) electrons. The van der Waals surface area contributed by atoms with Crippen molar-refractivity contribution in [3.63, 3.8) is 0 Å². The van der Waals surface area contributed by atoms with E-state index in [1.165, 1.54) is 30.3 Å². The van der Waals surface area contributed by atoms with Gasteiger partial charge in [-0.15, -0.1) is 0 Å². The van der Waals surface area contributed by atoms with Gasteiger partial charge in [-0.25, -0.2) is 9.02 Å². The van der Waals surface area contributed by atoms with Crippen LogP contribution in [0.25, 0.3) is 0 Å². The lowest BCUT2D eigenvalue weighted by Crippen LogP contribution is -2.20. The highest BCUT2D eigenvalue weighted by Crippen LogP contribution is 2.30. The van der Waals surface area contributed by atoms with Crippen LogP contribution in [0.3, 0.4) is 0 Å². The van der Waals surface area contributed by atoms with Crippen molar-refractivity contribution in [2.45, 2.75) is 0 Å². The number of halogens is 5. The summed E-state index contributed by atoms with van der Waals surface area (Å²) in [4.78, 5) is 12.6. The zero-order valence-corrected chi connectivity index (χ0v) is 17.7. The minimum atomic E-state index is -0.726. The predicted molar refractivity (Wildman–Crippen MR) is 110 cm³/mol. The van der Waals surface area contributed by atoms with Crippen molar-refractivity contribution in [1.82, 2.24) is 10.3 Å². The Morgan fingerprint density at radius 2 is 1.83 bits per heavy atom. The Hall–Kier alpha value is -2.40. The lowest BCUT2D eigenvalue weighted by molar-refractivity contribution is 0.102. The summed E-state index contributed by atoms with van der Waals surface area (Å²) in [5.41, 5.74) is 0.169. The SMILES string of the molecule is O=C(Nc1nonc1/C(=N\O)Nc1ccc(F)c(Br)c1)c1c(Cl)cc(Cl)cc1Cl. The number of oxime groups is 1. The standard InChI is InChI=1S/C16H8BrCl3FN5O3/c17-8-5-7(1-2-11(8)21)22-14(24-28)13-15(26-29-25-13)23-16(27)12-9(19)3-6(18)4-10(12)20/h1-5,28H,(H,22,24)(H,23,26,27). The number of carbonyl (C=O) groups excluding carboxylic acids is 1. The molecule has 3 aromatic rings. The predicted octanol–water partition coefficient (Wildman–Crippen LogP) is 5.43. The average molecular weight is 524 g/mol. The normalized spacial score (nSPS) is 11.4. The first-order valence-electron chi connectivity index (χ1n) is 7.53. The molecular formula is C16H8BrCl3FN5O3. The summed E-state index contributed by atoms with van der Waals surface area (Å²) in [6.45, 7) is 0. The molecule has 1 aromatic heterocycles. The van der Waals surface area contributed by atoms with E-state index in [4.69, 9.17) is 34.8 Å². The maximum atomic E-state index is 13.4. The molecule has 0 aliphatic heterocycles. The van der Waals surface area contributed by atoms with Gasteiger partial charge < -0.3 is 15.8 Å². The Labute approximate surface area is 185 Å². The van der Waals surface area contributed by atoms with Crippen LogP contribution in [-0.4, -0.2) is 27.3 Å². The van der Waals surface area contributed by atoms with Crippen molar-refractivity contribution in [3.8, 4) is 0 Å². The Bertz CT molecular complexity index is 1100. The molecule has 8 nitrogen and oxygen atoms in total. The van der Waals surface area contributed by atoms with Gasteiger partial charge in [0.1, 0.15) is 5.82 Å². The third kappa shape index (κ3) is 4.78. The van der Waals surface area contributed by atoms with E-state index < -0.39 is 11.7 Å². The van der Waals surface area contributed by atoms with Crippen molar-refractivity contribution in [1.29, 1.82) is 0 Å². The molecule has 150 valence electrons. The first-order valence-corrected chi connectivity index (χ1v) is 9.45. The zero-order valence-electron chi connectivity index (χ0n) is 13.9. The maximum absolute atomic E-state index is 13.4. The van der Waals surface area contributed by atoms with Gasteiger partial charge in [-0.05, 0) is 56.6 Å². The van der Waals surface area contributed by atoms with Gasteiger partial charge in [-0.3, -0.25) is 4.79 Å². The second-order valence-electron chi connectivity index (χ2n) is 5.36. The molecule has 0 fully saturated rings. The molecule has 2 aromatic carbocycles. The van der Waals surface area contributed by atoms with Crippen molar-refractivity contribution in [2.24, 2.45) is 5.16 Å². The van der Waals surface area contributed by atoms with E-state index in [1.54, 1.807) is 0 Å². The van der Waals surface area contributed by atoms with Gasteiger partial charge in [0.15, 0.2) is 5.69 Å². The molecule has 1 heterocycles. The lowest BCUT2D eigenvalue weighted by atomic mass is 10.2. The largest absolute Gasteiger partial charge is 0.409 e. The van der Waals surface area contributed by atoms with Crippen molar-refractivity contribution >= 4 is 74.0 Å². The quantitative estimate of drug-likeness (QED) is 0.182. The molecule has 1 amide bonds. The van der Waals surface area contributed by atoms with Crippen LogP contribution >= 0.6 is 50.7 Å². The molecule has 0 unspecified atom stereocenters. The summed E-state index contributed by atoms with van der Waals surface area (Å²) < 4.78 is 18.2. The van der Waals surface area contributed by atoms with Crippen LogP contribution in [0.1, 0.15) is 16.1 Å². The van der Waals surface area contributed by atoms with E-state index in [-0.39, 0.29) is 42.5 Å². The number of amides is 1.